The Morgan fingerprint density at radius 1 is 1.38 bits per heavy atom. The van der Waals surface area contributed by atoms with Gasteiger partial charge in [-0.25, -0.2) is 0 Å². The van der Waals surface area contributed by atoms with Crippen LogP contribution in [0.5, 0.6) is 0 Å². The average molecular weight is 327 g/mol. The summed E-state index contributed by atoms with van der Waals surface area (Å²) in [4.78, 5) is 26.1. The summed E-state index contributed by atoms with van der Waals surface area (Å²) in [5, 5.41) is 0. The summed E-state index contributed by atoms with van der Waals surface area (Å²) >= 11 is 0. The minimum Gasteiger partial charge on any atom is -0.431 e. The van der Waals surface area contributed by atoms with E-state index in [-0.39, 0.29) is 17.8 Å². The zero-order valence-electron chi connectivity index (χ0n) is 14.5. The normalized spacial score (nSPS) is 19.3. The molecule has 2 rings (SSSR count). The standard InChI is InChI=1S/C20H25NO3/c1-4-6-12-18(24-15(3)22)19-17(5-2)14-21(20(19)23)13-16-10-8-7-9-11-16/h5,7-11,17H,2,4,6,12-14H2,1,3H3/b19-18-. The van der Waals surface area contributed by atoms with Crippen LogP contribution in [0.1, 0.15) is 38.7 Å². The van der Waals surface area contributed by atoms with Crippen LogP contribution in [0.25, 0.3) is 0 Å². The molecule has 1 fully saturated rings. The molecule has 0 radical (unpaired) electrons. The van der Waals surface area contributed by atoms with E-state index >= 15 is 0 Å². The van der Waals surface area contributed by atoms with E-state index in [4.69, 9.17) is 4.74 Å². The van der Waals surface area contributed by atoms with Crippen molar-refractivity contribution in [3.8, 4) is 0 Å². The smallest absolute Gasteiger partial charge is 0.307 e. The largest absolute Gasteiger partial charge is 0.431 e. The quantitative estimate of drug-likeness (QED) is 0.331. The van der Waals surface area contributed by atoms with Crippen LogP contribution in [0.15, 0.2) is 54.3 Å². The molecular weight excluding hydrogens is 302 g/mol. The molecule has 4 heteroatoms. The highest BCUT2D eigenvalue weighted by Crippen LogP contribution is 2.31. The van der Waals surface area contributed by atoms with Gasteiger partial charge in [-0.15, -0.1) is 6.58 Å². The van der Waals surface area contributed by atoms with E-state index in [0.717, 1.165) is 18.4 Å². The third-order valence-electron chi connectivity index (χ3n) is 4.13. The summed E-state index contributed by atoms with van der Waals surface area (Å²) in [6.07, 6.45) is 4.22. The molecular formula is C20H25NO3. The van der Waals surface area contributed by atoms with Gasteiger partial charge in [-0.2, -0.15) is 0 Å². The molecule has 1 aromatic rings. The fourth-order valence-electron chi connectivity index (χ4n) is 2.95. The molecule has 0 N–H and O–H groups in total. The first-order chi connectivity index (χ1) is 11.6. The molecule has 0 spiro atoms. The van der Waals surface area contributed by atoms with Crippen LogP contribution in [-0.4, -0.2) is 23.3 Å². The Hall–Kier alpha value is -2.36. The number of amides is 1. The molecule has 0 bridgehead atoms. The topological polar surface area (TPSA) is 46.6 Å². The molecule has 1 amide bonds. The van der Waals surface area contributed by atoms with Gasteiger partial charge in [0, 0.05) is 32.4 Å². The van der Waals surface area contributed by atoms with Crippen molar-refractivity contribution in [3.05, 3.63) is 59.9 Å². The molecule has 1 aliphatic rings. The van der Waals surface area contributed by atoms with Crippen LogP contribution in [0, 0.1) is 5.92 Å². The monoisotopic (exact) mass is 327 g/mol. The van der Waals surface area contributed by atoms with E-state index in [9.17, 15) is 9.59 Å². The zero-order valence-corrected chi connectivity index (χ0v) is 14.5. The van der Waals surface area contributed by atoms with E-state index in [0.29, 0.717) is 30.8 Å². The van der Waals surface area contributed by atoms with Gasteiger partial charge in [-0.1, -0.05) is 49.8 Å². The summed E-state index contributed by atoms with van der Waals surface area (Å²) in [6, 6.07) is 9.88. The van der Waals surface area contributed by atoms with Gasteiger partial charge in [0.05, 0.1) is 5.57 Å². The van der Waals surface area contributed by atoms with Crippen molar-refractivity contribution in [1.29, 1.82) is 0 Å². The highest BCUT2D eigenvalue weighted by Gasteiger charge is 2.36. The fourth-order valence-corrected chi connectivity index (χ4v) is 2.95. The number of benzene rings is 1. The second-order valence-corrected chi connectivity index (χ2v) is 6.05. The van der Waals surface area contributed by atoms with Crippen LogP contribution >= 0.6 is 0 Å². The van der Waals surface area contributed by atoms with Gasteiger partial charge >= 0.3 is 5.97 Å². The second-order valence-electron chi connectivity index (χ2n) is 6.05. The predicted octanol–water partition coefficient (Wildman–Crippen LogP) is 3.84. The first-order valence-electron chi connectivity index (χ1n) is 8.44. The van der Waals surface area contributed by atoms with Gasteiger partial charge in [0.25, 0.3) is 5.91 Å². The first kappa shape index (κ1) is 18.0. The van der Waals surface area contributed by atoms with Crippen LogP contribution < -0.4 is 0 Å². The number of carbonyl (C=O) groups excluding carboxylic acids is 2. The number of nitrogens with zero attached hydrogens (tertiary/aromatic N) is 1. The summed E-state index contributed by atoms with van der Waals surface area (Å²) < 4.78 is 5.38. The second kappa shape index (κ2) is 8.48. The number of allylic oxidation sites excluding steroid dienone is 1. The Morgan fingerprint density at radius 2 is 2.08 bits per heavy atom. The SMILES string of the molecule is C=CC1CN(Cc2ccccc2)C(=O)/C1=C(/CCCC)OC(C)=O. The maximum absolute atomic E-state index is 12.9. The Labute approximate surface area is 143 Å². The average Bonchev–Trinajstić information content (AvgIpc) is 2.88. The van der Waals surface area contributed by atoms with Crippen molar-refractivity contribution in [1.82, 2.24) is 4.90 Å². The van der Waals surface area contributed by atoms with Gasteiger partial charge < -0.3 is 9.64 Å². The lowest BCUT2D eigenvalue weighted by Crippen LogP contribution is -2.25. The van der Waals surface area contributed by atoms with Crippen molar-refractivity contribution in [2.45, 2.75) is 39.7 Å². The lowest BCUT2D eigenvalue weighted by atomic mass is 9.99. The summed E-state index contributed by atoms with van der Waals surface area (Å²) in [6.45, 7) is 8.42. The van der Waals surface area contributed by atoms with Crippen molar-refractivity contribution in [2.75, 3.05) is 6.54 Å². The number of ether oxygens (including phenoxy) is 1. The molecule has 1 saturated heterocycles. The van der Waals surface area contributed by atoms with Gasteiger partial charge in [-0.3, -0.25) is 9.59 Å². The molecule has 1 aliphatic heterocycles. The molecule has 4 nitrogen and oxygen atoms in total. The zero-order chi connectivity index (χ0) is 17.5. The molecule has 24 heavy (non-hydrogen) atoms. The fraction of sp³-hybridized carbons (Fsp3) is 0.400. The van der Waals surface area contributed by atoms with Gasteiger partial charge in [0.1, 0.15) is 5.76 Å². The number of rotatable bonds is 7. The van der Waals surface area contributed by atoms with E-state index in [1.54, 1.807) is 11.0 Å². The molecule has 1 atom stereocenters. The summed E-state index contributed by atoms with van der Waals surface area (Å²) in [5.74, 6) is -0.0379. The first-order valence-corrected chi connectivity index (χ1v) is 8.44. The molecule has 0 saturated carbocycles. The van der Waals surface area contributed by atoms with Gasteiger partial charge in [-0.05, 0) is 12.0 Å². The Morgan fingerprint density at radius 3 is 2.67 bits per heavy atom. The lowest BCUT2D eigenvalue weighted by Gasteiger charge is -2.15. The lowest BCUT2D eigenvalue weighted by molar-refractivity contribution is -0.137. The number of hydrogen-bond donors (Lipinski definition) is 0. The molecule has 1 aromatic carbocycles. The number of esters is 1. The van der Waals surface area contributed by atoms with E-state index in [1.165, 1.54) is 6.92 Å². The number of likely N-dealkylation sites (tertiary alicyclic amines) is 1. The Bertz CT molecular complexity index is 634. The van der Waals surface area contributed by atoms with Crippen molar-refractivity contribution >= 4 is 11.9 Å². The highest BCUT2D eigenvalue weighted by molar-refractivity contribution is 5.97. The molecule has 1 unspecified atom stereocenters. The van der Waals surface area contributed by atoms with E-state index in [1.807, 2.05) is 30.3 Å². The van der Waals surface area contributed by atoms with E-state index in [2.05, 4.69) is 13.5 Å². The molecule has 0 aliphatic carbocycles. The molecule has 128 valence electrons. The molecule has 0 aromatic heterocycles. The van der Waals surface area contributed by atoms with Crippen LogP contribution in [-0.2, 0) is 20.9 Å². The molecule has 1 heterocycles. The number of unbranched alkanes of at least 4 members (excludes halogenated alkanes) is 1. The van der Waals surface area contributed by atoms with Crippen molar-refractivity contribution in [2.24, 2.45) is 5.92 Å². The highest BCUT2D eigenvalue weighted by atomic mass is 16.5. The van der Waals surface area contributed by atoms with Crippen molar-refractivity contribution in [3.63, 3.8) is 0 Å². The van der Waals surface area contributed by atoms with Gasteiger partial charge in [0.2, 0.25) is 0 Å². The third kappa shape index (κ3) is 4.34. The van der Waals surface area contributed by atoms with Crippen molar-refractivity contribution < 1.29 is 14.3 Å². The summed E-state index contributed by atoms with van der Waals surface area (Å²) in [7, 11) is 0. The Kier molecular flexibility index (Phi) is 6.36. The van der Waals surface area contributed by atoms with Crippen LogP contribution in [0.4, 0.5) is 0 Å². The number of carbonyl (C=O) groups is 2. The van der Waals surface area contributed by atoms with E-state index < -0.39 is 0 Å². The number of hydrogen-bond acceptors (Lipinski definition) is 3. The van der Waals surface area contributed by atoms with Gasteiger partial charge in [0.15, 0.2) is 0 Å². The Balaban J connectivity index is 2.28. The third-order valence-corrected chi connectivity index (χ3v) is 4.13. The maximum atomic E-state index is 12.9. The minimum absolute atomic E-state index is 0.0592. The van der Waals surface area contributed by atoms with Crippen LogP contribution in [0.3, 0.4) is 0 Å². The van der Waals surface area contributed by atoms with Crippen LogP contribution in [0.2, 0.25) is 0 Å². The predicted molar refractivity (Wildman–Crippen MR) is 93.9 cm³/mol. The minimum atomic E-state index is -0.384. The maximum Gasteiger partial charge on any atom is 0.307 e. The summed E-state index contributed by atoms with van der Waals surface area (Å²) in [5.41, 5.74) is 1.67.